The predicted octanol–water partition coefficient (Wildman–Crippen LogP) is 2.70. The molecule has 0 aliphatic carbocycles. The van der Waals surface area contributed by atoms with Gasteiger partial charge in [-0.25, -0.2) is 4.79 Å². The number of urea groups is 1. The van der Waals surface area contributed by atoms with E-state index in [0.717, 1.165) is 4.90 Å². The van der Waals surface area contributed by atoms with Gasteiger partial charge >= 0.3 is 6.03 Å². The van der Waals surface area contributed by atoms with Gasteiger partial charge < -0.3 is 10.1 Å². The Morgan fingerprint density at radius 3 is 2.65 bits per heavy atom. The lowest BCUT2D eigenvalue weighted by Crippen LogP contribution is -2.25. The number of nitrogens with one attached hydrogen (secondary N) is 1. The van der Waals surface area contributed by atoms with Crippen molar-refractivity contribution >= 4 is 23.7 Å². The van der Waals surface area contributed by atoms with Crippen LogP contribution in [0.5, 0.6) is 5.75 Å². The van der Waals surface area contributed by atoms with Gasteiger partial charge in [0.1, 0.15) is 18.1 Å². The molecule has 1 aliphatic heterocycles. The second kappa shape index (κ2) is 7.06. The summed E-state index contributed by atoms with van der Waals surface area (Å²) in [5, 5.41) is 13.3. The zero-order chi connectivity index (χ0) is 18.7. The van der Waals surface area contributed by atoms with Gasteiger partial charge in [-0.05, 0) is 17.7 Å². The molecule has 0 atom stereocenters. The molecule has 1 heterocycles. The van der Waals surface area contributed by atoms with Crippen LogP contribution in [0.15, 0.2) is 54.2 Å². The average Bonchev–Trinajstić information content (AvgIpc) is 2.88. The molecule has 0 spiro atoms. The topological polar surface area (TPSA) is 102 Å². The van der Waals surface area contributed by atoms with E-state index in [1.54, 1.807) is 36.4 Å². The molecule has 8 nitrogen and oxygen atoms in total. The lowest BCUT2D eigenvalue weighted by atomic mass is 10.1. The Bertz CT molecular complexity index is 923. The Morgan fingerprint density at radius 1 is 1.19 bits per heavy atom. The lowest BCUT2D eigenvalue weighted by Gasteiger charge is -2.09. The predicted molar refractivity (Wildman–Crippen MR) is 93.1 cm³/mol. The van der Waals surface area contributed by atoms with E-state index in [9.17, 15) is 19.7 Å². The summed E-state index contributed by atoms with van der Waals surface area (Å²) in [7, 11) is 1.39. The van der Waals surface area contributed by atoms with Crippen molar-refractivity contribution < 1.29 is 19.2 Å². The van der Waals surface area contributed by atoms with Crippen LogP contribution >= 0.6 is 0 Å². The minimum atomic E-state index is -0.490. The Kier molecular flexibility index (Phi) is 4.66. The molecule has 1 N–H and O–H groups in total. The van der Waals surface area contributed by atoms with E-state index in [-0.39, 0.29) is 18.0 Å². The van der Waals surface area contributed by atoms with Crippen molar-refractivity contribution in [2.45, 2.75) is 6.61 Å². The minimum absolute atomic E-state index is 0.0104. The third kappa shape index (κ3) is 3.54. The number of hydrogen-bond acceptors (Lipinski definition) is 5. The fourth-order valence-electron chi connectivity index (χ4n) is 2.43. The molecule has 3 amide bonds. The second-order valence-corrected chi connectivity index (χ2v) is 5.61. The average molecular weight is 353 g/mol. The zero-order valence-electron chi connectivity index (χ0n) is 13.8. The zero-order valence-corrected chi connectivity index (χ0v) is 13.8. The van der Waals surface area contributed by atoms with Gasteiger partial charge in [0, 0.05) is 24.7 Å². The molecule has 0 aromatic heterocycles. The molecule has 132 valence electrons. The van der Waals surface area contributed by atoms with Crippen molar-refractivity contribution in [2.75, 3.05) is 7.05 Å². The van der Waals surface area contributed by atoms with E-state index >= 15 is 0 Å². The summed E-state index contributed by atoms with van der Waals surface area (Å²) in [5.41, 5.74) is 1.40. The number of carbonyl (C=O) groups is 2. The molecule has 0 unspecified atom stereocenters. The highest BCUT2D eigenvalue weighted by Crippen LogP contribution is 2.24. The first-order valence-electron chi connectivity index (χ1n) is 7.71. The van der Waals surface area contributed by atoms with Crippen molar-refractivity contribution in [3.63, 3.8) is 0 Å². The van der Waals surface area contributed by atoms with Crippen LogP contribution in [-0.2, 0) is 11.4 Å². The summed E-state index contributed by atoms with van der Waals surface area (Å²) in [6, 6.07) is 12.7. The highest BCUT2D eigenvalue weighted by molar-refractivity contribution is 6.13. The third-order valence-electron chi connectivity index (χ3n) is 3.82. The molecule has 2 aromatic carbocycles. The van der Waals surface area contributed by atoms with E-state index in [0.29, 0.717) is 16.9 Å². The van der Waals surface area contributed by atoms with Gasteiger partial charge in [0.2, 0.25) is 0 Å². The van der Waals surface area contributed by atoms with E-state index in [1.807, 2.05) is 0 Å². The molecule has 8 heteroatoms. The maximum absolute atomic E-state index is 12.0. The Labute approximate surface area is 148 Å². The number of ether oxygens (including phenoxy) is 1. The molecule has 2 aromatic rings. The molecule has 0 radical (unpaired) electrons. The van der Waals surface area contributed by atoms with Crippen molar-refractivity contribution in [1.29, 1.82) is 0 Å². The summed E-state index contributed by atoms with van der Waals surface area (Å²) in [6.45, 7) is 0.127. The van der Waals surface area contributed by atoms with E-state index in [1.165, 1.54) is 25.3 Å². The molecular formula is C18H15N3O5. The molecular weight excluding hydrogens is 338 g/mol. The number of para-hydroxylation sites is 1. The fraction of sp³-hybridized carbons (Fsp3) is 0.111. The highest BCUT2D eigenvalue weighted by Gasteiger charge is 2.30. The Hall–Kier alpha value is -3.68. The van der Waals surface area contributed by atoms with Gasteiger partial charge in [0.15, 0.2) is 0 Å². The summed E-state index contributed by atoms with van der Waals surface area (Å²) >= 11 is 0. The number of hydrogen-bond donors (Lipinski definition) is 1. The first-order valence-corrected chi connectivity index (χ1v) is 7.71. The van der Waals surface area contributed by atoms with Crippen LogP contribution in [0.1, 0.15) is 11.1 Å². The van der Waals surface area contributed by atoms with Crippen molar-refractivity contribution in [2.24, 2.45) is 0 Å². The van der Waals surface area contributed by atoms with Crippen LogP contribution in [0.4, 0.5) is 10.5 Å². The number of imide groups is 1. The van der Waals surface area contributed by atoms with Gasteiger partial charge in [0.25, 0.3) is 11.6 Å². The summed E-state index contributed by atoms with van der Waals surface area (Å²) in [4.78, 5) is 34.9. The molecule has 0 saturated carbocycles. The molecule has 3 rings (SSSR count). The maximum atomic E-state index is 12.0. The van der Waals surface area contributed by atoms with Crippen LogP contribution in [-0.4, -0.2) is 28.8 Å². The van der Waals surface area contributed by atoms with Gasteiger partial charge in [-0.15, -0.1) is 0 Å². The van der Waals surface area contributed by atoms with E-state index < -0.39 is 16.9 Å². The Balaban J connectivity index is 1.80. The second-order valence-electron chi connectivity index (χ2n) is 5.61. The fourth-order valence-corrected chi connectivity index (χ4v) is 2.43. The van der Waals surface area contributed by atoms with Gasteiger partial charge in [-0.3, -0.25) is 19.8 Å². The Morgan fingerprint density at radius 2 is 1.96 bits per heavy atom. The first kappa shape index (κ1) is 17.2. The highest BCUT2D eigenvalue weighted by atomic mass is 16.6. The van der Waals surface area contributed by atoms with Gasteiger partial charge in [-0.2, -0.15) is 0 Å². The smallest absolute Gasteiger partial charge is 0.328 e. The van der Waals surface area contributed by atoms with Crippen LogP contribution in [0.2, 0.25) is 0 Å². The quantitative estimate of drug-likeness (QED) is 0.385. The SMILES string of the molecule is CN1C(=O)N/C(=C/c2ccccc2OCc2cccc([N+](=O)[O-])c2)C1=O. The first-order chi connectivity index (χ1) is 12.5. The number of nitro benzene ring substituents is 1. The van der Waals surface area contributed by atoms with Crippen molar-refractivity contribution in [3.05, 3.63) is 75.5 Å². The number of non-ortho nitro benzene ring substituents is 1. The number of rotatable bonds is 5. The van der Waals surface area contributed by atoms with Crippen molar-refractivity contribution in [3.8, 4) is 5.75 Å². The number of nitrogens with zero attached hydrogens (tertiary/aromatic N) is 2. The van der Waals surface area contributed by atoms with Crippen LogP contribution in [0.3, 0.4) is 0 Å². The molecule has 1 fully saturated rings. The van der Waals surface area contributed by atoms with Gasteiger partial charge in [-0.1, -0.05) is 30.3 Å². The number of likely N-dealkylation sites (N-methyl/N-ethyl adjacent to an activating group) is 1. The number of nitro groups is 1. The molecule has 1 saturated heterocycles. The van der Waals surface area contributed by atoms with Crippen LogP contribution < -0.4 is 10.1 Å². The summed E-state index contributed by atoms with van der Waals surface area (Å²) < 4.78 is 5.75. The van der Waals surface area contributed by atoms with Gasteiger partial charge in [0.05, 0.1) is 4.92 Å². The number of benzene rings is 2. The van der Waals surface area contributed by atoms with Crippen LogP contribution in [0, 0.1) is 10.1 Å². The lowest BCUT2D eigenvalue weighted by molar-refractivity contribution is -0.384. The number of carbonyl (C=O) groups excluding carboxylic acids is 2. The normalized spacial score (nSPS) is 15.3. The summed E-state index contributed by atoms with van der Waals surface area (Å²) in [6.07, 6.45) is 1.53. The van der Waals surface area contributed by atoms with E-state index in [2.05, 4.69) is 5.32 Å². The molecule has 0 bridgehead atoms. The van der Waals surface area contributed by atoms with E-state index in [4.69, 9.17) is 4.74 Å². The monoisotopic (exact) mass is 353 g/mol. The van der Waals surface area contributed by atoms with Crippen LogP contribution in [0.25, 0.3) is 6.08 Å². The minimum Gasteiger partial charge on any atom is -0.488 e. The standard InChI is InChI=1S/C18H15N3O5/c1-20-17(22)15(19-18(20)23)10-13-6-2-3-8-16(13)26-11-12-5-4-7-14(9-12)21(24)25/h2-10H,11H2,1H3,(H,19,23)/b15-10+. The maximum Gasteiger partial charge on any atom is 0.328 e. The largest absolute Gasteiger partial charge is 0.488 e. The summed E-state index contributed by atoms with van der Waals surface area (Å²) in [5.74, 6) is 0.0617. The molecule has 26 heavy (non-hydrogen) atoms. The molecule has 1 aliphatic rings. The van der Waals surface area contributed by atoms with Crippen molar-refractivity contribution in [1.82, 2.24) is 10.2 Å². The third-order valence-corrected chi connectivity index (χ3v) is 3.82. The number of amides is 3.